The molecule has 162 valence electrons. The fraction of sp³-hybridized carbons (Fsp3) is 0.300. The van der Waals surface area contributed by atoms with E-state index in [1.165, 1.54) is 18.2 Å². The van der Waals surface area contributed by atoms with Gasteiger partial charge in [0.1, 0.15) is 6.54 Å². The normalized spacial score (nSPS) is 11.7. The topological polar surface area (TPSA) is 95.6 Å². The van der Waals surface area contributed by atoms with Crippen molar-refractivity contribution < 1.29 is 18.0 Å². The molecule has 0 unspecified atom stereocenters. The maximum atomic E-state index is 12.7. The third kappa shape index (κ3) is 6.90. The maximum absolute atomic E-state index is 12.7. The first-order chi connectivity index (χ1) is 13.8. The lowest BCUT2D eigenvalue weighted by molar-refractivity contribution is -0.114. The van der Waals surface area contributed by atoms with Gasteiger partial charge in [-0.15, -0.1) is 0 Å². The number of nitrogens with one attached hydrogen (secondary N) is 2. The van der Waals surface area contributed by atoms with E-state index in [2.05, 4.69) is 10.6 Å². The number of benzene rings is 2. The molecule has 0 saturated heterocycles. The van der Waals surface area contributed by atoms with Gasteiger partial charge in [-0.25, -0.2) is 8.42 Å². The average molecular weight is 472 g/mol. The smallest absolute Gasteiger partial charge is 0.253 e. The molecule has 0 fully saturated rings. The van der Waals surface area contributed by atoms with Gasteiger partial charge in [0.2, 0.25) is 15.9 Å². The molecular weight excluding hydrogens is 449 g/mol. The van der Waals surface area contributed by atoms with Crippen molar-refractivity contribution in [1.29, 1.82) is 0 Å². The first-order valence-electron chi connectivity index (χ1n) is 8.91. The number of anilines is 2. The molecule has 30 heavy (non-hydrogen) atoms. The summed E-state index contributed by atoms with van der Waals surface area (Å²) >= 11 is 11.9. The first kappa shape index (κ1) is 24.0. The number of para-hydroxylation sites is 1. The van der Waals surface area contributed by atoms with Crippen LogP contribution in [0.4, 0.5) is 11.4 Å². The fourth-order valence-corrected chi connectivity index (χ4v) is 3.96. The quantitative estimate of drug-likeness (QED) is 0.666. The number of sulfonamides is 1. The van der Waals surface area contributed by atoms with Crippen LogP contribution in [0.15, 0.2) is 42.5 Å². The zero-order chi connectivity index (χ0) is 22.7. The van der Waals surface area contributed by atoms with Crippen molar-refractivity contribution in [3.05, 3.63) is 58.1 Å². The molecule has 0 aliphatic heterocycles. The van der Waals surface area contributed by atoms with E-state index >= 15 is 0 Å². The summed E-state index contributed by atoms with van der Waals surface area (Å²) in [5.74, 6) is -0.993. The summed E-state index contributed by atoms with van der Waals surface area (Å²) in [6.45, 7) is 5.00. The number of hydrogen-bond donors (Lipinski definition) is 2. The minimum atomic E-state index is -3.81. The number of amides is 2. The van der Waals surface area contributed by atoms with Crippen molar-refractivity contribution in [2.45, 2.75) is 26.3 Å². The van der Waals surface area contributed by atoms with Gasteiger partial charge in [-0.2, -0.15) is 0 Å². The first-order valence-corrected chi connectivity index (χ1v) is 11.5. The van der Waals surface area contributed by atoms with Crippen molar-refractivity contribution >= 4 is 56.4 Å². The van der Waals surface area contributed by atoms with Crippen molar-refractivity contribution in [1.82, 2.24) is 5.32 Å². The molecule has 2 aromatic carbocycles. The Morgan fingerprint density at radius 3 is 2.13 bits per heavy atom. The van der Waals surface area contributed by atoms with Crippen molar-refractivity contribution in [2.24, 2.45) is 0 Å². The molecule has 0 aliphatic rings. The highest BCUT2D eigenvalue weighted by Gasteiger charge is 2.23. The summed E-state index contributed by atoms with van der Waals surface area (Å²) in [5, 5.41) is 5.90. The van der Waals surface area contributed by atoms with E-state index in [1.807, 2.05) is 20.8 Å². The van der Waals surface area contributed by atoms with E-state index in [-0.39, 0.29) is 32.9 Å². The Bertz CT molecular complexity index is 1050. The zero-order valence-corrected chi connectivity index (χ0v) is 19.3. The van der Waals surface area contributed by atoms with Crippen LogP contribution >= 0.6 is 23.2 Å². The molecule has 2 aromatic rings. The Hall–Kier alpha value is -2.29. The molecule has 10 heteroatoms. The maximum Gasteiger partial charge on any atom is 0.253 e. The van der Waals surface area contributed by atoms with Crippen LogP contribution in [0.3, 0.4) is 0 Å². The molecule has 2 N–H and O–H groups in total. The molecule has 0 bridgehead atoms. The Kier molecular flexibility index (Phi) is 7.39. The van der Waals surface area contributed by atoms with Crippen molar-refractivity contribution in [3.8, 4) is 0 Å². The van der Waals surface area contributed by atoms with Crippen LogP contribution in [0.1, 0.15) is 31.1 Å². The Morgan fingerprint density at radius 1 is 1.03 bits per heavy atom. The number of carbonyl (C=O) groups is 2. The van der Waals surface area contributed by atoms with Crippen molar-refractivity contribution in [3.63, 3.8) is 0 Å². The summed E-state index contributed by atoms with van der Waals surface area (Å²) < 4.78 is 25.4. The van der Waals surface area contributed by atoms with Crippen LogP contribution < -0.4 is 14.9 Å². The fourth-order valence-electron chi connectivity index (χ4n) is 2.60. The molecule has 2 rings (SSSR count). The zero-order valence-electron chi connectivity index (χ0n) is 17.0. The lowest BCUT2D eigenvalue weighted by atomic mass is 10.1. The summed E-state index contributed by atoms with van der Waals surface area (Å²) in [4.78, 5) is 25.2. The van der Waals surface area contributed by atoms with Crippen LogP contribution in [0, 0.1) is 0 Å². The second-order valence-electron chi connectivity index (χ2n) is 7.70. The number of halogens is 2. The van der Waals surface area contributed by atoms with E-state index in [4.69, 9.17) is 23.2 Å². The Balaban J connectivity index is 2.28. The van der Waals surface area contributed by atoms with Crippen LogP contribution in [-0.2, 0) is 14.8 Å². The highest BCUT2D eigenvalue weighted by molar-refractivity contribution is 7.92. The summed E-state index contributed by atoms with van der Waals surface area (Å²) in [6, 6.07) is 10.7. The second-order valence-corrected chi connectivity index (χ2v) is 10.5. The molecule has 0 atom stereocenters. The van der Waals surface area contributed by atoms with Gasteiger partial charge in [-0.05, 0) is 51.1 Å². The van der Waals surface area contributed by atoms with Gasteiger partial charge in [0.25, 0.3) is 5.91 Å². The van der Waals surface area contributed by atoms with E-state index in [0.717, 1.165) is 10.6 Å². The van der Waals surface area contributed by atoms with Gasteiger partial charge < -0.3 is 10.6 Å². The minimum absolute atomic E-state index is 0.156. The second kappa shape index (κ2) is 9.24. The molecule has 0 radical (unpaired) electrons. The molecule has 0 spiro atoms. The van der Waals surface area contributed by atoms with Crippen LogP contribution in [0.5, 0.6) is 0 Å². The SMILES string of the molecule is CC(C)(C)NC(=O)c1ccccc1NC(=O)CN(c1cc(Cl)cc(Cl)c1)S(C)(=O)=O. The third-order valence-corrected chi connectivity index (χ3v) is 5.33. The van der Waals surface area contributed by atoms with Gasteiger partial charge in [0.05, 0.1) is 23.2 Å². The van der Waals surface area contributed by atoms with E-state index in [1.54, 1.807) is 24.3 Å². The monoisotopic (exact) mass is 471 g/mol. The highest BCUT2D eigenvalue weighted by Crippen LogP contribution is 2.27. The van der Waals surface area contributed by atoms with E-state index in [9.17, 15) is 18.0 Å². The predicted molar refractivity (Wildman–Crippen MR) is 121 cm³/mol. The largest absolute Gasteiger partial charge is 0.347 e. The van der Waals surface area contributed by atoms with Crippen LogP contribution in [-0.4, -0.2) is 38.6 Å². The molecule has 0 heterocycles. The highest BCUT2D eigenvalue weighted by atomic mass is 35.5. The molecule has 2 amide bonds. The van der Waals surface area contributed by atoms with Crippen molar-refractivity contribution in [2.75, 3.05) is 22.4 Å². The lowest BCUT2D eigenvalue weighted by Crippen LogP contribution is -2.41. The number of carbonyl (C=O) groups excluding carboxylic acids is 2. The van der Waals surface area contributed by atoms with E-state index < -0.39 is 28.0 Å². The lowest BCUT2D eigenvalue weighted by Gasteiger charge is -2.23. The molecule has 7 nitrogen and oxygen atoms in total. The molecular formula is C20H23Cl2N3O4S. The third-order valence-electron chi connectivity index (χ3n) is 3.76. The Labute approximate surface area is 186 Å². The standard InChI is InChI=1S/C20H23Cl2N3O4S/c1-20(2,3)24-19(27)16-7-5-6-8-17(16)23-18(26)12-25(30(4,28)29)15-10-13(21)9-14(22)11-15/h5-11H,12H2,1-4H3,(H,23,26)(H,24,27). The summed E-state index contributed by atoms with van der Waals surface area (Å²) in [7, 11) is -3.81. The predicted octanol–water partition coefficient (Wildman–Crippen LogP) is 3.93. The molecule has 0 aromatic heterocycles. The van der Waals surface area contributed by atoms with Gasteiger partial charge in [-0.3, -0.25) is 13.9 Å². The Morgan fingerprint density at radius 2 is 1.60 bits per heavy atom. The van der Waals surface area contributed by atoms with Gasteiger partial charge in [0, 0.05) is 15.6 Å². The van der Waals surface area contributed by atoms with Gasteiger partial charge >= 0.3 is 0 Å². The van der Waals surface area contributed by atoms with Crippen LogP contribution in [0.25, 0.3) is 0 Å². The number of hydrogen-bond acceptors (Lipinski definition) is 4. The molecule has 0 saturated carbocycles. The summed E-state index contributed by atoms with van der Waals surface area (Å²) in [6.07, 6.45) is 0.972. The average Bonchev–Trinajstić information content (AvgIpc) is 2.56. The van der Waals surface area contributed by atoms with Gasteiger partial charge in [-0.1, -0.05) is 35.3 Å². The summed E-state index contributed by atoms with van der Waals surface area (Å²) in [5.41, 5.74) is 0.218. The number of nitrogens with zero attached hydrogens (tertiary/aromatic N) is 1. The number of rotatable bonds is 6. The van der Waals surface area contributed by atoms with E-state index in [0.29, 0.717) is 0 Å². The minimum Gasteiger partial charge on any atom is -0.347 e. The van der Waals surface area contributed by atoms with Gasteiger partial charge in [0.15, 0.2) is 0 Å². The van der Waals surface area contributed by atoms with Crippen LogP contribution in [0.2, 0.25) is 10.0 Å². The molecule has 0 aliphatic carbocycles.